The molecule has 0 spiro atoms. The van der Waals surface area contributed by atoms with E-state index in [1.807, 2.05) is 30.3 Å². The molecule has 8 nitrogen and oxygen atoms in total. The van der Waals surface area contributed by atoms with Crippen LogP contribution in [0.3, 0.4) is 0 Å². The van der Waals surface area contributed by atoms with Crippen LogP contribution in [-0.4, -0.2) is 26.1 Å². The molecule has 0 atom stereocenters. The second-order valence-corrected chi connectivity index (χ2v) is 5.22. The minimum absolute atomic E-state index is 0.0129. The number of aliphatic hydroxyl groups is 1. The van der Waals surface area contributed by atoms with E-state index in [2.05, 4.69) is 20.4 Å². The standard InChI is InChI=1S/C18H13N5O3/c1-11-14(10-21-26-11)16(24)13(9-19)17(25)23-18-20-8-7-15(22-18)12-5-3-2-4-6-12/h2-8,10,24H,1H3,(H,20,22,23,25)/b16-13-. The average Bonchev–Trinajstić information content (AvgIpc) is 3.09. The van der Waals surface area contributed by atoms with Crippen LogP contribution in [0, 0.1) is 18.3 Å². The normalized spacial score (nSPS) is 11.4. The zero-order valence-electron chi connectivity index (χ0n) is 13.7. The van der Waals surface area contributed by atoms with Gasteiger partial charge in [0, 0.05) is 11.8 Å². The first-order chi connectivity index (χ1) is 12.6. The summed E-state index contributed by atoms with van der Waals surface area (Å²) < 4.78 is 4.83. The fourth-order valence-electron chi connectivity index (χ4n) is 2.22. The number of carbonyl (C=O) groups excluding carboxylic acids is 1. The molecule has 0 bridgehead atoms. The number of carbonyl (C=O) groups is 1. The molecule has 0 aliphatic rings. The van der Waals surface area contributed by atoms with E-state index in [-0.39, 0.29) is 17.3 Å². The summed E-state index contributed by atoms with van der Waals surface area (Å²) in [5.74, 6) is -1.07. The maximum Gasteiger partial charge on any atom is 0.272 e. The summed E-state index contributed by atoms with van der Waals surface area (Å²) >= 11 is 0. The van der Waals surface area contributed by atoms with Gasteiger partial charge in [-0.2, -0.15) is 5.26 Å². The number of aryl methyl sites for hydroxylation is 1. The summed E-state index contributed by atoms with van der Waals surface area (Å²) in [5, 5.41) is 25.4. The van der Waals surface area contributed by atoms with Crippen LogP contribution in [0.25, 0.3) is 17.0 Å². The number of amides is 1. The van der Waals surface area contributed by atoms with Gasteiger partial charge in [0.25, 0.3) is 5.91 Å². The highest BCUT2D eigenvalue weighted by Crippen LogP contribution is 2.21. The third-order valence-corrected chi connectivity index (χ3v) is 3.53. The predicted octanol–water partition coefficient (Wildman–Crippen LogP) is 2.87. The highest BCUT2D eigenvalue weighted by molar-refractivity contribution is 6.10. The van der Waals surface area contributed by atoms with Gasteiger partial charge in [0.2, 0.25) is 5.95 Å². The molecule has 1 amide bonds. The zero-order valence-corrected chi connectivity index (χ0v) is 13.7. The van der Waals surface area contributed by atoms with Crippen molar-refractivity contribution in [2.45, 2.75) is 6.92 Å². The van der Waals surface area contributed by atoms with Crippen molar-refractivity contribution >= 4 is 17.6 Å². The van der Waals surface area contributed by atoms with Crippen LogP contribution in [0.2, 0.25) is 0 Å². The van der Waals surface area contributed by atoms with Gasteiger partial charge in [-0.25, -0.2) is 9.97 Å². The molecule has 2 N–H and O–H groups in total. The average molecular weight is 347 g/mol. The monoisotopic (exact) mass is 347 g/mol. The molecular weight excluding hydrogens is 334 g/mol. The first-order valence-corrected chi connectivity index (χ1v) is 7.55. The SMILES string of the molecule is Cc1oncc1/C(O)=C(\C#N)C(=O)Nc1nccc(-c2ccccc2)n1. The molecule has 3 aromatic rings. The number of aliphatic hydroxyl groups excluding tert-OH is 1. The fraction of sp³-hybridized carbons (Fsp3) is 0.0556. The number of benzene rings is 1. The van der Waals surface area contributed by atoms with E-state index in [1.54, 1.807) is 19.1 Å². The van der Waals surface area contributed by atoms with Gasteiger partial charge in [0.1, 0.15) is 11.8 Å². The van der Waals surface area contributed by atoms with Crippen LogP contribution >= 0.6 is 0 Å². The molecule has 0 radical (unpaired) electrons. The summed E-state index contributed by atoms with van der Waals surface area (Å²) in [7, 11) is 0. The number of anilines is 1. The maximum atomic E-state index is 12.4. The summed E-state index contributed by atoms with van der Waals surface area (Å²) in [4.78, 5) is 20.6. The number of rotatable bonds is 4. The summed E-state index contributed by atoms with van der Waals surface area (Å²) in [6.45, 7) is 1.55. The lowest BCUT2D eigenvalue weighted by atomic mass is 10.1. The van der Waals surface area contributed by atoms with Gasteiger partial charge in [-0.3, -0.25) is 10.1 Å². The second-order valence-electron chi connectivity index (χ2n) is 5.22. The van der Waals surface area contributed by atoms with Crippen molar-refractivity contribution in [3.63, 3.8) is 0 Å². The largest absolute Gasteiger partial charge is 0.506 e. The van der Waals surface area contributed by atoms with Crippen molar-refractivity contribution in [2.24, 2.45) is 0 Å². The van der Waals surface area contributed by atoms with E-state index < -0.39 is 17.2 Å². The Hall–Kier alpha value is -3.99. The Morgan fingerprint density at radius 3 is 2.69 bits per heavy atom. The zero-order chi connectivity index (χ0) is 18.5. The molecule has 0 unspecified atom stereocenters. The Kier molecular flexibility index (Phi) is 4.71. The number of aromatic nitrogens is 3. The van der Waals surface area contributed by atoms with E-state index >= 15 is 0 Å². The molecule has 128 valence electrons. The van der Waals surface area contributed by atoms with Crippen molar-refractivity contribution < 1.29 is 14.4 Å². The van der Waals surface area contributed by atoms with Crippen molar-refractivity contribution in [1.82, 2.24) is 15.1 Å². The van der Waals surface area contributed by atoms with E-state index in [4.69, 9.17) is 4.52 Å². The lowest BCUT2D eigenvalue weighted by molar-refractivity contribution is -0.112. The van der Waals surface area contributed by atoms with Crippen LogP contribution in [-0.2, 0) is 4.79 Å². The lowest BCUT2D eigenvalue weighted by Gasteiger charge is -2.06. The number of nitrogens with zero attached hydrogens (tertiary/aromatic N) is 4. The highest BCUT2D eigenvalue weighted by atomic mass is 16.5. The van der Waals surface area contributed by atoms with Crippen molar-refractivity contribution in [1.29, 1.82) is 5.26 Å². The summed E-state index contributed by atoms with van der Waals surface area (Å²) in [6, 6.07) is 12.7. The van der Waals surface area contributed by atoms with Gasteiger partial charge < -0.3 is 9.63 Å². The quantitative estimate of drug-likeness (QED) is 0.422. The molecule has 0 aliphatic carbocycles. The first-order valence-electron chi connectivity index (χ1n) is 7.55. The fourth-order valence-corrected chi connectivity index (χ4v) is 2.22. The Labute approximate surface area is 148 Å². The first kappa shape index (κ1) is 16.9. The molecule has 8 heteroatoms. The Bertz CT molecular complexity index is 1020. The van der Waals surface area contributed by atoms with Gasteiger partial charge in [-0.05, 0) is 13.0 Å². The third kappa shape index (κ3) is 3.42. The maximum absolute atomic E-state index is 12.4. The number of nitriles is 1. The lowest BCUT2D eigenvalue weighted by Crippen LogP contribution is -2.17. The van der Waals surface area contributed by atoms with E-state index in [1.165, 1.54) is 12.4 Å². The topological polar surface area (TPSA) is 125 Å². The molecule has 26 heavy (non-hydrogen) atoms. The smallest absolute Gasteiger partial charge is 0.272 e. The van der Waals surface area contributed by atoms with E-state index in [9.17, 15) is 15.2 Å². The molecule has 3 rings (SSSR count). The van der Waals surface area contributed by atoms with Gasteiger partial charge in [-0.15, -0.1) is 0 Å². The molecule has 2 aromatic heterocycles. The molecule has 1 aromatic carbocycles. The summed E-state index contributed by atoms with van der Waals surface area (Å²) in [5.41, 5.74) is 1.13. The van der Waals surface area contributed by atoms with Crippen molar-refractivity contribution in [3.05, 3.63) is 65.7 Å². The van der Waals surface area contributed by atoms with Crippen LogP contribution in [0.4, 0.5) is 5.95 Å². The van der Waals surface area contributed by atoms with Gasteiger partial charge in [-0.1, -0.05) is 35.5 Å². The van der Waals surface area contributed by atoms with Crippen LogP contribution in [0.1, 0.15) is 11.3 Å². The minimum Gasteiger partial charge on any atom is -0.506 e. The van der Waals surface area contributed by atoms with Crippen molar-refractivity contribution in [2.75, 3.05) is 5.32 Å². The van der Waals surface area contributed by atoms with E-state index in [0.29, 0.717) is 5.69 Å². The molecule has 0 fully saturated rings. The highest BCUT2D eigenvalue weighted by Gasteiger charge is 2.20. The Morgan fingerprint density at radius 1 is 1.27 bits per heavy atom. The molecule has 2 heterocycles. The number of hydrogen-bond donors (Lipinski definition) is 2. The third-order valence-electron chi connectivity index (χ3n) is 3.53. The van der Waals surface area contributed by atoms with E-state index in [0.717, 1.165) is 5.56 Å². The van der Waals surface area contributed by atoms with Crippen LogP contribution in [0.5, 0.6) is 0 Å². The van der Waals surface area contributed by atoms with Gasteiger partial charge >= 0.3 is 0 Å². The Balaban J connectivity index is 1.88. The van der Waals surface area contributed by atoms with Crippen LogP contribution in [0.15, 0.2) is 58.9 Å². The number of nitrogens with one attached hydrogen (secondary N) is 1. The predicted molar refractivity (Wildman–Crippen MR) is 92.5 cm³/mol. The van der Waals surface area contributed by atoms with Gasteiger partial charge in [0.15, 0.2) is 11.3 Å². The molecule has 0 saturated heterocycles. The Morgan fingerprint density at radius 2 is 2.04 bits per heavy atom. The molecule has 0 saturated carbocycles. The van der Waals surface area contributed by atoms with Gasteiger partial charge in [0.05, 0.1) is 17.5 Å². The van der Waals surface area contributed by atoms with Crippen LogP contribution < -0.4 is 5.32 Å². The second kappa shape index (κ2) is 7.27. The summed E-state index contributed by atoms with van der Waals surface area (Å²) in [6.07, 6.45) is 2.71. The minimum atomic E-state index is -0.837. The number of hydrogen-bond acceptors (Lipinski definition) is 7. The molecule has 0 aliphatic heterocycles. The molecular formula is C18H13N5O3. The van der Waals surface area contributed by atoms with Crippen molar-refractivity contribution in [3.8, 4) is 17.3 Å².